The van der Waals surface area contributed by atoms with Gasteiger partial charge in [-0.1, -0.05) is 17.7 Å². The molecule has 1 aromatic heterocycles. The quantitative estimate of drug-likeness (QED) is 0.765. The van der Waals surface area contributed by atoms with Gasteiger partial charge in [-0.05, 0) is 26.0 Å². The number of nitrogens with zero attached hydrogens (tertiary/aromatic N) is 2. The number of alkyl halides is 3. The fourth-order valence-corrected chi connectivity index (χ4v) is 3.09. The first-order chi connectivity index (χ1) is 12.0. The molecule has 2 rings (SSSR count). The van der Waals surface area contributed by atoms with Gasteiger partial charge in [0.2, 0.25) is 10.0 Å². The van der Waals surface area contributed by atoms with Crippen LogP contribution in [0.1, 0.15) is 23.0 Å². The van der Waals surface area contributed by atoms with Gasteiger partial charge in [-0.25, -0.2) is 18.2 Å². The van der Waals surface area contributed by atoms with Crippen molar-refractivity contribution in [3.63, 3.8) is 0 Å². The summed E-state index contributed by atoms with van der Waals surface area (Å²) >= 11 is 0. The van der Waals surface area contributed by atoms with Crippen LogP contribution in [0.25, 0.3) is 5.69 Å². The Labute approximate surface area is 147 Å². The molecule has 26 heavy (non-hydrogen) atoms. The number of halogens is 3. The van der Waals surface area contributed by atoms with E-state index in [0.29, 0.717) is 5.69 Å². The predicted molar refractivity (Wildman–Crippen MR) is 87.7 cm³/mol. The number of hydrogen-bond acceptors (Lipinski definition) is 5. The third kappa shape index (κ3) is 4.97. The van der Waals surface area contributed by atoms with Crippen LogP contribution in [0, 0.1) is 6.92 Å². The van der Waals surface area contributed by atoms with E-state index in [2.05, 4.69) is 4.98 Å². The van der Waals surface area contributed by atoms with E-state index in [9.17, 15) is 26.4 Å². The number of aryl methyl sites for hydroxylation is 1. The molecule has 0 aliphatic carbocycles. The van der Waals surface area contributed by atoms with Crippen LogP contribution in [-0.2, 0) is 14.8 Å². The highest BCUT2D eigenvalue weighted by Gasteiger charge is 2.36. The molecular weight excluding hydrogens is 375 g/mol. The van der Waals surface area contributed by atoms with Crippen LogP contribution >= 0.6 is 0 Å². The summed E-state index contributed by atoms with van der Waals surface area (Å²) in [6.07, 6.45) is -3.81. The second kappa shape index (κ2) is 7.36. The second-order valence-electron chi connectivity index (χ2n) is 5.34. The Morgan fingerprint density at radius 2 is 1.88 bits per heavy atom. The molecule has 0 fully saturated rings. The smallest absolute Gasteiger partial charge is 0.404 e. The normalized spacial score (nSPS) is 12.0. The molecule has 0 saturated heterocycles. The molecule has 0 bridgehead atoms. The summed E-state index contributed by atoms with van der Waals surface area (Å²) in [5.41, 5.74) is 0.889. The maximum atomic E-state index is 12.5. The van der Waals surface area contributed by atoms with Gasteiger partial charge in [-0.2, -0.15) is 13.2 Å². The maximum absolute atomic E-state index is 12.5. The van der Waals surface area contributed by atoms with Crippen molar-refractivity contribution in [2.45, 2.75) is 20.0 Å². The SMILES string of the molecule is CCOC(=O)c1ncn(-c2ccc(C)cc2)c1NS(=O)(=O)CC(F)(F)F. The van der Waals surface area contributed by atoms with Crippen molar-refractivity contribution in [1.29, 1.82) is 0 Å². The van der Waals surface area contributed by atoms with E-state index in [1.54, 1.807) is 29.0 Å². The van der Waals surface area contributed by atoms with Crippen LogP contribution in [0.3, 0.4) is 0 Å². The number of benzene rings is 1. The number of imidazole rings is 1. The van der Waals surface area contributed by atoms with Gasteiger partial charge in [0, 0.05) is 5.69 Å². The lowest BCUT2D eigenvalue weighted by Gasteiger charge is -2.14. The highest BCUT2D eigenvalue weighted by Crippen LogP contribution is 2.25. The number of sulfonamides is 1. The van der Waals surface area contributed by atoms with Crippen molar-refractivity contribution in [3.8, 4) is 5.69 Å². The minimum absolute atomic E-state index is 0.00896. The summed E-state index contributed by atoms with van der Waals surface area (Å²) in [6.45, 7) is 3.35. The third-order valence-corrected chi connectivity index (χ3v) is 4.37. The van der Waals surface area contributed by atoms with Crippen LogP contribution in [0.4, 0.5) is 19.0 Å². The molecule has 1 aromatic carbocycles. The molecule has 1 heterocycles. The third-order valence-electron chi connectivity index (χ3n) is 3.15. The molecular formula is C15H16F3N3O4S. The number of carbonyl (C=O) groups is 1. The summed E-state index contributed by atoms with van der Waals surface area (Å²) in [4.78, 5) is 15.8. The molecule has 0 unspecified atom stereocenters. The van der Waals surface area contributed by atoms with Gasteiger partial charge >= 0.3 is 12.1 Å². The molecule has 0 aliphatic rings. The van der Waals surface area contributed by atoms with Crippen LogP contribution in [0.5, 0.6) is 0 Å². The van der Waals surface area contributed by atoms with Gasteiger partial charge in [0.05, 0.1) is 6.61 Å². The number of rotatable bonds is 6. The lowest BCUT2D eigenvalue weighted by atomic mass is 10.2. The summed E-state index contributed by atoms with van der Waals surface area (Å²) in [5, 5.41) is 0. The number of ether oxygens (including phenoxy) is 1. The lowest BCUT2D eigenvalue weighted by molar-refractivity contribution is -0.106. The minimum atomic E-state index is -4.94. The first-order valence-corrected chi connectivity index (χ1v) is 9.06. The molecule has 1 N–H and O–H groups in total. The zero-order chi connectivity index (χ0) is 19.5. The number of aromatic nitrogens is 2. The molecule has 7 nitrogen and oxygen atoms in total. The predicted octanol–water partition coefficient (Wildman–Crippen LogP) is 2.66. The topological polar surface area (TPSA) is 90.3 Å². The number of hydrogen-bond donors (Lipinski definition) is 1. The summed E-state index contributed by atoms with van der Waals surface area (Å²) in [7, 11) is -4.82. The average Bonchev–Trinajstić information content (AvgIpc) is 2.88. The van der Waals surface area contributed by atoms with Crippen LogP contribution < -0.4 is 4.72 Å². The fourth-order valence-electron chi connectivity index (χ4n) is 2.09. The lowest BCUT2D eigenvalue weighted by Crippen LogP contribution is -2.29. The summed E-state index contributed by atoms with van der Waals surface area (Å²) < 4.78 is 68.9. The Bertz CT molecular complexity index is 890. The molecule has 0 atom stereocenters. The largest absolute Gasteiger partial charge is 0.461 e. The standard InChI is InChI=1S/C15H16F3N3O4S/c1-3-25-14(22)12-13(20-26(23,24)8-15(16,17)18)21(9-19-12)11-6-4-10(2)5-7-11/h4-7,9,20H,3,8H2,1-2H3. The molecule has 0 aliphatic heterocycles. The van der Waals surface area contributed by atoms with Crippen molar-refractivity contribution < 1.29 is 31.1 Å². The monoisotopic (exact) mass is 391 g/mol. The van der Waals surface area contributed by atoms with Crippen molar-refractivity contribution in [2.75, 3.05) is 17.1 Å². The summed E-state index contributed by atoms with van der Waals surface area (Å²) in [6, 6.07) is 6.64. The molecule has 142 valence electrons. The number of carbonyl (C=O) groups excluding carboxylic acids is 1. The fraction of sp³-hybridized carbons (Fsp3) is 0.333. The van der Waals surface area contributed by atoms with Gasteiger partial charge in [0.1, 0.15) is 6.33 Å². The molecule has 0 spiro atoms. The van der Waals surface area contributed by atoms with Crippen LogP contribution in [-0.4, -0.2) is 42.5 Å². The van der Waals surface area contributed by atoms with E-state index in [1.807, 2.05) is 6.92 Å². The molecule has 0 radical (unpaired) electrons. The molecule has 0 saturated carbocycles. The highest BCUT2D eigenvalue weighted by atomic mass is 32.2. The number of nitrogens with one attached hydrogen (secondary N) is 1. The van der Waals surface area contributed by atoms with E-state index in [0.717, 1.165) is 11.9 Å². The van der Waals surface area contributed by atoms with Crippen molar-refractivity contribution in [2.24, 2.45) is 0 Å². The zero-order valence-electron chi connectivity index (χ0n) is 13.9. The summed E-state index contributed by atoms with van der Waals surface area (Å²) in [5.74, 6) is -3.47. The van der Waals surface area contributed by atoms with Crippen LogP contribution in [0.15, 0.2) is 30.6 Å². The average molecular weight is 391 g/mol. The van der Waals surface area contributed by atoms with E-state index in [4.69, 9.17) is 4.74 Å². The van der Waals surface area contributed by atoms with Crippen molar-refractivity contribution >= 4 is 21.8 Å². The Morgan fingerprint density at radius 1 is 1.27 bits per heavy atom. The second-order valence-corrected chi connectivity index (χ2v) is 7.07. The maximum Gasteiger partial charge on any atom is 0.404 e. The van der Waals surface area contributed by atoms with Crippen LogP contribution in [0.2, 0.25) is 0 Å². The Hall–Kier alpha value is -2.56. The molecule has 0 amide bonds. The van der Waals surface area contributed by atoms with Crippen molar-refractivity contribution in [1.82, 2.24) is 9.55 Å². The Balaban J connectivity index is 2.50. The number of anilines is 1. The van der Waals surface area contributed by atoms with E-state index in [-0.39, 0.29) is 6.61 Å². The highest BCUT2D eigenvalue weighted by molar-refractivity contribution is 7.92. The zero-order valence-corrected chi connectivity index (χ0v) is 14.7. The van der Waals surface area contributed by atoms with Gasteiger partial charge in [-0.3, -0.25) is 9.29 Å². The Morgan fingerprint density at radius 3 is 2.42 bits per heavy atom. The van der Waals surface area contributed by atoms with Gasteiger partial charge in [-0.15, -0.1) is 0 Å². The molecule has 2 aromatic rings. The van der Waals surface area contributed by atoms with Gasteiger partial charge in [0.15, 0.2) is 17.3 Å². The first-order valence-electron chi connectivity index (χ1n) is 7.41. The Kier molecular flexibility index (Phi) is 5.59. The molecule has 11 heteroatoms. The van der Waals surface area contributed by atoms with E-state index in [1.165, 1.54) is 11.5 Å². The van der Waals surface area contributed by atoms with Crippen molar-refractivity contribution in [3.05, 3.63) is 41.9 Å². The number of esters is 1. The van der Waals surface area contributed by atoms with E-state index < -0.39 is 39.4 Å². The van der Waals surface area contributed by atoms with E-state index >= 15 is 0 Å². The first kappa shape index (κ1) is 19.8. The van der Waals surface area contributed by atoms with Gasteiger partial charge in [0.25, 0.3) is 0 Å². The van der Waals surface area contributed by atoms with Gasteiger partial charge < -0.3 is 4.74 Å². The minimum Gasteiger partial charge on any atom is -0.461 e.